The average Bonchev–Trinajstić information content (AvgIpc) is 2.75. The van der Waals surface area contributed by atoms with Crippen LogP contribution in [-0.2, 0) is 0 Å². The van der Waals surface area contributed by atoms with Gasteiger partial charge in [0.2, 0.25) is 5.95 Å². The number of nitrogens with one attached hydrogen (secondary N) is 1. The van der Waals surface area contributed by atoms with E-state index in [1.165, 1.54) is 16.7 Å². The van der Waals surface area contributed by atoms with Gasteiger partial charge in [-0.15, -0.1) is 0 Å². The van der Waals surface area contributed by atoms with Crippen molar-refractivity contribution in [1.29, 1.82) is 0 Å². The lowest BCUT2D eigenvalue weighted by Gasteiger charge is -2.11. The molecule has 0 saturated carbocycles. The fourth-order valence-electron chi connectivity index (χ4n) is 2.60. The summed E-state index contributed by atoms with van der Waals surface area (Å²) < 4.78 is 0. The molecule has 5 heteroatoms. The number of nitrogen functional groups attached to an aromatic ring is 1. The maximum atomic E-state index is 5.78. The lowest BCUT2D eigenvalue weighted by molar-refractivity contribution is 1.09. The van der Waals surface area contributed by atoms with Gasteiger partial charge in [-0.25, -0.2) is 4.98 Å². The van der Waals surface area contributed by atoms with E-state index in [0.29, 0.717) is 5.65 Å². The van der Waals surface area contributed by atoms with Gasteiger partial charge in [0.15, 0.2) is 5.65 Å². The van der Waals surface area contributed by atoms with Crippen molar-refractivity contribution < 1.29 is 0 Å². The molecule has 0 saturated heterocycles. The minimum absolute atomic E-state index is 0.256. The Kier molecular flexibility index (Phi) is 2.48. The summed E-state index contributed by atoms with van der Waals surface area (Å²) in [6.45, 7) is 6.25. The summed E-state index contributed by atoms with van der Waals surface area (Å²) in [5.74, 6) is 0.256. The van der Waals surface area contributed by atoms with Gasteiger partial charge in [-0.05, 0) is 31.9 Å². The Bertz CT molecular complexity index is 750. The molecular formula is C14H15N5. The first kappa shape index (κ1) is 11.6. The van der Waals surface area contributed by atoms with Gasteiger partial charge in [0.05, 0.1) is 17.3 Å². The van der Waals surface area contributed by atoms with Gasteiger partial charge in [-0.2, -0.15) is 10.1 Å². The summed E-state index contributed by atoms with van der Waals surface area (Å²) in [5, 5.41) is 7.75. The summed E-state index contributed by atoms with van der Waals surface area (Å²) >= 11 is 0. The largest absolute Gasteiger partial charge is 0.368 e. The van der Waals surface area contributed by atoms with E-state index in [9.17, 15) is 0 Å². The fourth-order valence-corrected chi connectivity index (χ4v) is 2.60. The van der Waals surface area contributed by atoms with E-state index >= 15 is 0 Å². The number of nitrogens with two attached hydrogens (primary N) is 1. The first-order valence-corrected chi connectivity index (χ1v) is 6.11. The maximum Gasteiger partial charge on any atom is 0.222 e. The van der Waals surface area contributed by atoms with Crippen LogP contribution in [0, 0.1) is 20.8 Å². The van der Waals surface area contributed by atoms with E-state index < -0.39 is 0 Å². The van der Waals surface area contributed by atoms with Crippen molar-refractivity contribution in [3.8, 4) is 11.3 Å². The Morgan fingerprint density at radius 3 is 2.42 bits per heavy atom. The zero-order valence-electron chi connectivity index (χ0n) is 11.2. The smallest absolute Gasteiger partial charge is 0.222 e. The van der Waals surface area contributed by atoms with Crippen LogP contribution < -0.4 is 5.73 Å². The van der Waals surface area contributed by atoms with Crippen LogP contribution in [0.1, 0.15) is 16.7 Å². The monoisotopic (exact) mass is 253 g/mol. The zero-order chi connectivity index (χ0) is 13.6. The lowest BCUT2D eigenvalue weighted by Crippen LogP contribution is -1.99. The molecular weight excluding hydrogens is 238 g/mol. The van der Waals surface area contributed by atoms with Crippen LogP contribution in [0.4, 0.5) is 5.95 Å². The Balaban J connectivity index is 2.39. The van der Waals surface area contributed by atoms with E-state index in [0.717, 1.165) is 16.6 Å². The van der Waals surface area contributed by atoms with Crippen LogP contribution in [-0.4, -0.2) is 20.2 Å². The zero-order valence-corrected chi connectivity index (χ0v) is 11.2. The molecule has 5 nitrogen and oxygen atoms in total. The van der Waals surface area contributed by atoms with Gasteiger partial charge < -0.3 is 5.73 Å². The van der Waals surface area contributed by atoms with E-state index in [-0.39, 0.29) is 5.95 Å². The molecule has 0 amide bonds. The Morgan fingerprint density at radius 1 is 1.05 bits per heavy atom. The second-order valence-electron chi connectivity index (χ2n) is 4.84. The van der Waals surface area contributed by atoms with Crippen LogP contribution >= 0.6 is 0 Å². The van der Waals surface area contributed by atoms with Gasteiger partial charge >= 0.3 is 0 Å². The van der Waals surface area contributed by atoms with Crippen molar-refractivity contribution in [3.63, 3.8) is 0 Å². The first-order valence-electron chi connectivity index (χ1n) is 6.11. The highest BCUT2D eigenvalue weighted by Gasteiger charge is 2.14. The summed E-state index contributed by atoms with van der Waals surface area (Å²) in [6.07, 6.45) is 1.74. The normalized spacial score (nSPS) is 11.1. The van der Waals surface area contributed by atoms with Crippen molar-refractivity contribution in [2.75, 3.05) is 5.73 Å². The van der Waals surface area contributed by atoms with Crippen LogP contribution in [0.25, 0.3) is 22.3 Å². The second-order valence-corrected chi connectivity index (χ2v) is 4.84. The van der Waals surface area contributed by atoms with Crippen LogP contribution in [0.2, 0.25) is 0 Å². The molecule has 2 heterocycles. The van der Waals surface area contributed by atoms with Gasteiger partial charge in [0, 0.05) is 5.56 Å². The minimum Gasteiger partial charge on any atom is -0.368 e. The van der Waals surface area contributed by atoms with Crippen molar-refractivity contribution in [2.45, 2.75) is 20.8 Å². The molecule has 19 heavy (non-hydrogen) atoms. The third-order valence-electron chi connectivity index (χ3n) is 3.24. The molecule has 0 aliphatic carbocycles. The second kappa shape index (κ2) is 4.05. The molecule has 0 radical (unpaired) electrons. The third-order valence-corrected chi connectivity index (χ3v) is 3.24. The maximum absolute atomic E-state index is 5.78. The molecule has 0 unspecified atom stereocenters. The lowest BCUT2D eigenvalue weighted by atomic mass is 9.96. The van der Waals surface area contributed by atoms with E-state index in [1.54, 1.807) is 6.20 Å². The van der Waals surface area contributed by atoms with Crippen LogP contribution in [0.5, 0.6) is 0 Å². The topological polar surface area (TPSA) is 80.5 Å². The number of aromatic amines is 1. The van der Waals surface area contributed by atoms with Crippen molar-refractivity contribution >= 4 is 17.0 Å². The molecule has 0 spiro atoms. The van der Waals surface area contributed by atoms with Gasteiger partial charge in [0.25, 0.3) is 0 Å². The highest BCUT2D eigenvalue weighted by molar-refractivity contribution is 5.92. The predicted octanol–water partition coefficient (Wildman–Crippen LogP) is 2.53. The predicted molar refractivity (Wildman–Crippen MR) is 75.7 cm³/mol. The first-order chi connectivity index (χ1) is 9.06. The summed E-state index contributed by atoms with van der Waals surface area (Å²) in [4.78, 5) is 8.55. The number of aryl methyl sites for hydroxylation is 3. The van der Waals surface area contributed by atoms with Crippen molar-refractivity contribution in [2.24, 2.45) is 0 Å². The number of H-pyrrole nitrogens is 1. The molecule has 3 aromatic rings. The Hall–Kier alpha value is -2.43. The average molecular weight is 253 g/mol. The SMILES string of the molecule is Cc1cc(C)c(-c2nc(N)nc3[nH]ncc23)c(C)c1. The number of rotatable bonds is 1. The van der Waals surface area contributed by atoms with E-state index in [1.807, 2.05) is 0 Å². The molecule has 96 valence electrons. The molecule has 3 N–H and O–H groups in total. The number of anilines is 1. The highest BCUT2D eigenvalue weighted by atomic mass is 15.2. The summed E-state index contributed by atoms with van der Waals surface area (Å²) in [6, 6.07) is 4.29. The van der Waals surface area contributed by atoms with Gasteiger partial charge in [-0.1, -0.05) is 17.7 Å². The number of fused-ring (bicyclic) bond motifs is 1. The third kappa shape index (κ3) is 1.83. The van der Waals surface area contributed by atoms with E-state index in [2.05, 4.69) is 53.1 Å². The quantitative estimate of drug-likeness (QED) is 0.698. The molecule has 0 aliphatic heterocycles. The Morgan fingerprint density at radius 2 is 1.74 bits per heavy atom. The molecule has 3 rings (SSSR count). The van der Waals surface area contributed by atoms with Crippen LogP contribution in [0.3, 0.4) is 0 Å². The fraction of sp³-hybridized carbons (Fsp3) is 0.214. The highest BCUT2D eigenvalue weighted by Crippen LogP contribution is 2.31. The van der Waals surface area contributed by atoms with Gasteiger partial charge in [-0.3, -0.25) is 5.10 Å². The molecule has 0 atom stereocenters. The Labute approximate surface area is 110 Å². The van der Waals surface area contributed by atoms with Crippen molar-refractivity contribution in [3.05, 3.63) is 35.0 Å². The summed E-state index contributed by atoms with van der Waals surface area (Å²) in [5.41, 5.74) is 12.0. The minimum atomic E-state index is 0.256. The number of nitrogens with zero attached hydrogens (tertiary/aromatic N) is 3. The number of benzene rings is 1. The number of aromatic nitrogens is 4. The molecule has 2 aromatic heterocycles. The van der Waals surface area contributed by atoms with Gasteiger partial charge in [0.1, 0.15) is 0 Å². The van der Waals surface area contributed by atoms with Crippen molar-refractivity contribution in [1.82, 2.24) is 20.2 Å². The standard InChI is InChI=1S/C14H15N5/c1-7-4-8(2)11(9(3)5-7)12-10-6-16-19-13(10)18-14(15)17-12/h4-6H,1-3H3,(H3,15,16,17,18,19). The van der Waals surface area contributed by atoms with Crippen LogP contribution in [0.15, 0.2) is 18.3 Å². The summed E-state index contributed by atoms with van der Waals surface area (Å²) in [7, 11) is 0. The molecule has 0 bridgehead atoms. The molecule has 0 aliphatic rings. The number of hydrogen-bond donors (Lipinski definition) is 2. The molecule has 0 fully saturated rings. The van der Waals surface area contributed by atoms with E-state index in [4.69, 9.17) is 5.73 Å². The number of hydrogen-bond acceptors (Lipinski definition) is 4. The molecule has 1 aromatic carbocycles.